The number of rotatable bonds is 7. The van der Waals surface area contributed by atoms with E-state index >= 15 is 0 Å². The van der Waals surface area contributed by atoms with Crippen molar-refractivity contribution < 1.29 is 0 Å². The van der Waals surface area contributed by atoms with Crippen LogP contribution in [0.5, 0.6) is 0 Å². The van der Waals surface area contributed by atoms with Crippen LogP contribution in [0.3, 0.4) is 0 Å². The molecule has 1 aliphatic rings. The van der Waals surface area contributed by atoms with Crippen LogP contribution in [-0.4, -0.2) is 0 Å². The molecule has 8 aromatic carbocycles. The Morgan fingerprint density at radius 1 is 0.412 bits per heavy atom. The van der Waals surface area contributed by atoms with Crippen LogP contribution in [0.2, 0.25) is 0 Å². The quantitative estimate of drug-likeness (QED) is 0.184. The highest BCUT2D eigenvalue weighted by Gasteiger charge is 2.35. The molecule has 0 amide bonds. The summed E-state index contributed by atoms with van der Waals surface area (Å²) in [6.07, 6.45) is 0. The Balaban J connectivity index is 1.28. The lowest BCUT2D eigenvalue weighted by Gasteiger charge is -2.29. The SMILES string of the molecule is CC1(C)c2ccccc2-c2ccc(N(c3ccccc3)c3cc(Nc4ccccc4)cc(-c4ccc5ccccc5c4-c4ccccc4)c3)cc21. The van der Waals surface area contributed by atoms with Crippen LogP contribution in [0, 0.1) is 0 Å². The lowest BCUT2D eigenvalue weighted by Crippen LogP contribution is -2.16. The zero-order valence-corrected chi connectivity index (χ0v) is 28.8. The van der Waals surface area contributed by atoms with E-state index in [0.29, 0.717) is 0 Å². The van der Waals surface area contributed by atoms with Crippen molar-refractivity contribution >= 4 is 39.2 Å². The fraction of sp³-hybridized carbons (Fsp3) is 0.0612. The Morgan fingerprint density at radius 3 is 1.86 bits per heavy atom. The molecule has 8 aromatic rings. The van der Waals surface area contributed by atoms with Crippen LogP contribution in [0.15, 0.2) is 188 Å². The first-order chi connectivity index (χ1) is 25.0. The summed E-state index contributed by atoms with van der Waals surface area (Å²) in [5.74, 6) is 0. The predicted octanol–water partition coefficient (Wildman–Crippen LogP) is 13.7. The Morgan fingerprint density at radius 2 is 1.06 bits per heavy atom. The van der Waals surface area contributed by atoms with Gasteiger partial charge in [-0.2, -0.15) is 0 Å². The van der Waals surface area contributed by atoms with Gasteiger partial charge in [0, 0.05) is 33.9 Å². The highest BCUT2D eigenvalue weighted by Crippen LogP contribution is 2.51. The van der Waals surface area contributed by atoms with Crippen molar-refractivity contribution in [3.8, 4) is 33.4 Å². The van der Waals surface area contributed by atoms with Crippen LogP contribution in [0.4, 0.5) is 28.4 Å². The van der Waals surface area contributed by atoms with Gasteiger partial charge >= 0.3 is 0 Å². The molecule has 244 valence electrons. The van der Waals surface area contributed by atoms with E-state index in [9.17, 15) is 0 Å². The molecule has 0 saturated carbocycles. The van der Waals surface area contributed by atoms with E-state index in [4.69, 9.17) is 0 Å². The second-order valence-electron chi connectivity index (χ2n) is 13.9. The molecule has 0 unspecified atom stereocenters. The molecule has 0 radical (unpaired) electrons. The monoisotopic (exact) mass is 654 g/mol. The number of nitrogens with zero attached hydrogens (tertiary/aromatic N) is 1. The van der Waals surface area contributed by atoms with Gasteiger partial charge in [-0.05, 0) is 110 Å². The van der Waals surface area contributed by atoms with Crippen LogP contribution in [-0.2, 0) is 5.41 Å². The highest BCUT2D eigenvalue weighted by atomic mass is 15.1. The van der Waals surface area contributed by atoms with E-state index in [-0.39, 0.29) is 5.41 Å². The minimum absolute atomic E-state index is 0.109. The van der Waals surface area contributed by atoms with E-state index in [1.54, 1.807) is 0 Å². The number of benzene rings is 8. The molecule has 2 heteroatoms. The van der Waals surface area contributed by atoms with Gasteiger partial charge in [0.25, 0.3) is 0 Å². The lowest BCUT2D eigenvalue weighted by atomic mass is 9.82. The Kier molecular flexibility index (Phi) is 7.51. The predicted molar refractivity (Wildman–Crippen MR) is 217 cm³/mol. The van der Waals surface area contributed by atoms with E-state index in [0.717, 1.165) is 34.0 Å². The lowest BCUT2D eigenvalue weighted by molar-refractivity contribution is 0.660. The van der Waals surface area contributed by atoms with Crippen LogP contribution in [0.1, 0.15) is 25.0 Å². The molecule has 0 bridgehead atoms. The molecular weight excluding hydrogens is 617 g/mol. The van der Waals surface area contributed by atoms with Gasteiger partial charge in [-0.25, -0.2) is 0 Å². The standard InChI is InChI=1S/C49H38N2/c1-49(2)46-25-15-14-24-44(46)45-29-27-40(33-47(45)49)51(39-21-10-5-11-22-39)41-31-36(30-38(32-41)50-37-19-8-4-9-20-37)43-28-26-34-16-12-13-23-42(34)48(43)35-17-6-3-7-18-35/h3-33,50H,1-2H3. The molecule has 0 spiro atoms. The molecule has 0 saturated heterocycles. The fourth-order valence-corrected chi connectivity index (χ4v) is 7.94. The first-order valence-electron chi connectivity index (χ1n) is 17.7. The largest absolute Gasteiger partial charge is 0.355 e. The van der Waals surface area contributed by atoms with E-state index in [1.807, 2.05) is 0 Å². The van der Waals surface area contributed by atoms with Gasteiger partial charge in [0.1, 0.15) is 0 Å². The molecule has 0 aliphatic heterocycles. The Bertz CT molecular complexity index is 2520. The molecule has 51 heavy (non-hydrogen) atoms. The van der Waals surface area contributed by atoms with Crippen LogP contribution in [0.25, 0.3) is 44.2 Å². The summed E-state index contributed by atoms with van der Waals surface area (Å²) >= 11 is 0. The molecular formula is C49H38N2. The third-order valence-corrected chi connectivity index (χ3v) is 10.4. The van der Waals surface area contributed by atoms with Gasteiger partial charge in [0.15, 0.2) is 0 Å². The second kappa shape index (κ2) is 12.5. The second-order valence-corrected chi connectivity index (χ2v) is 13.9. The van der Waals surface area contributed by atoms with Crippen LogP contribution >= 0.6 is 0 Å². The van der Waals surface area contributed by atoms with Crippen molar-refractivity contribution in [2.75, 3.05) is 10.2 Å². The van der Waals surface area contributed by atoms with E-state index < -0.39 is 0 Å². The highest BCUT2D eigenvalue weighted by molar-refractivity contribution is 6.05. The zero-order chi connectivity index (χ0) is 34.4. The topological polar surface area (TPSA) is 15.3 Å². The number of nitrogens with one attached hydrogen (secondary N) is 1. The molecule has 0 heterocycles. The smallest absolute Gasteiger partial charge is 0.0488 e. The third kappa shape index (κ3) is 5.46. The molecule has 2 nitrogen and oxygen atoms in total. The van der Waals surface area contributed by atoms with Crippen molar-refractivity contribution in [1.29, 1.82) is 0 Å². The minimum Gasteiger partial charge on any atom is -0.355 e. The first kappa shape index (κ1) is 30.7. The number of para-hydroxylation sites is 2. The third-order valence-electron chi connectivity index (χ3n) is 10.4. The van der Waals surface area contributed by atoms with Gasteiger partial charge in [0.05, 0.1) is 0 Å². The average molecular weight is 655 g/mol. The van der Waals surface area contributed by atoms with Crippen molar-refractivity contribution in [2.45, 2.75) is 19.3 Å². The average Bonchev–Trinajstić information content (AvgIpc) is 3.41. The summed E-state index contributed by atoms with van der Waals surface area (Å²) in [6.45, 7) is 4.70. The van der Waals surface area contributed by atoms with Gasteiger partial charge in [-0.3, -0.25) is 0 Å². The summed E-state index contributed by atoms with van der Waals surface area (Å²) < 4.78 is 0. The summed E-state index contributed by atoms with van der Waals surface area (Å²) in [6, 6.07) is 68.0. The Labute approximate surface area is 300 Å². The molecule has 1 N–H and O–H groups in total. The number of fused-ring (bicyclic) bond motifs is 4. The van der Waals surface area contributed by atoms with Crippen molar-refractivity contribution in [2.24, 2.45) is 0 Å². The maximum absolute atomic E-state index is 3.75. The van der Waals surface area contributed by atoms with Gasteiger partial charge < -0.3 is 10.2 Å². The molecule has 1 aliphatic carbocycles. The van der Waals surface area contributed by atoms with Crippen molar-refractivity contribution in [3.63, 3.8) is 0 Å². The molecule has 0 atom stereocenters. The number of anilines is 5. The van der Waals surface area contributed by atoms with Gasteiger partial charge in [0.2, 0.25) is 0 Å². The van der Waals surface area contributed by atoms with Crippen molar-refractivity contribution in [3.05, 3.63) is 199 Å². The Hall–Kier alpha value is -6.38. The molecule has 0 fully saturated rings. The number of hydrogen-bond acceptors (Lipinski definition) is 2. The minimum atomic E-state index is -0.109. The van der Waals surface area contributed by atoms with Gasteiger partial charge in [-0.15, -0.1) is 0 Å². The number of hydrogen-bond donors (Lipinski definition) is 1. The molecule has 0 aromatic heterocycles. The summed E-state index contributed by atoms with van der Waals surface area (Å²) in [4.78, 5) is 2.41. The van der Waals surface area contributed by atoms with Crippen LogP contribution < -0.4 is 10.2 Å². The maximum atomic E-state index is 3.75. The molecule has 9 rings (SSSR count). The van der Waals surface area contributed by atoms with Gasteiger partial charge in [-0.1, -0.05) is 147 Å². The zero-order valence-electron chi connectivity index (χ0n) is 28.8. The van der Waals surface area contributed by atoms with E-state index in [2.05, 4.69) is 212 Å². The first-order valence-corrected chi connectivity index (χ1v) is 17.7. The fourth-order valence-electron chi connectivity index (χ4n) is 7.94. The van der Waals surface area contributed by atoms with Crippen molar-refractivity contribution in [1.82, 2.24) is 0 Å². The summed E-state index contributed by atoms with van der Waals surface area (Å²) in [7, 11) is 0. The normalized spacial score (nSPS) is 12.7. The summed E-state index contributed by atoms with van der Waals surface area (Å²) in [5, 5.41) is 6.22. The maximum Gasteiger partial charge on any atom is 0.0488 e. The summed E-state index contributed by atoms with van der Waals surface area (Å²) in [5.41, 5.74) is 15.4. The van der Waals surface area contributed by atoms with E-state index in [1.165, 1.54) is 49.7 Å².